The zero-order chi connectivity index (χ0) is 17.6. The van der Waals surface area contributed by atoms with Gasteiger partial charge in [-0.1, -0.05) is 0 Å². The number of nitrogens with zero attached hydrogens (tertiary/aromatic N) is 3. The fourth-order valence-electron chi connectivity index (χ4n) is 1.76. The van der Waals surface area contributed by atoms with E-state index in [0.29, 0.717) is 11.3 Å². The van der Waals surface area contributed by atoms with Crippen LogP contribution in [0.3, 0.4) is 0 Å². The van der Waals surface area contributed by atoms with Gasteiger partial charge in [-0.2, -0.15) is 14.5 Å². The fraction of sp³-hybridized carbons (Fsp3) is 0. The third kappa shape index (κ3) is 4.39. The molecule has 1 aromatic carbocycles. The second-order valence-corrected chi connectivity index (χ2v) is 4.98. The van der Waals surface area contributed by atoms with Crippen molar-refractivity contribution in [2.75, 3.05) is 0 Å². The van der Waals surface area contributed by atoms with Crippen LogP contribution in [0.4, 0.5) is 4.39 Å². The van der Waals surface area contributed by atoms with E-state index >= 15 is 0 Å². The number of nitrogens with one attached hydrogen (secondary N) is 1. The van der Waals surface area contributed by atoms with E-state index in [1.807, 2.05) is 0 Å². The van der Waals surface area contributed by atoms with Crippen LogP contribution in [0.5, 0.6) is 11.6 Å². The standard InChI is InChI=1S/C16H10ClFN4O3/c17-16-19-9-12(18)15(21-16)25-11-5-3-10(4-6-11)8-20-22-14(23)13-2-1-7-24-13/h1-9H,(H,22,23)/b20-8+. The van der Waals surface area contributed by atoms with Crippen molar-refractivity contribution < 1.29 is 18.3 Å². The van der Waals surface area contributed by atoms with E-state index in [4.69, 9.17) is 20.8 Å². The molecule has 0 fully saturated rings. The van der Waals surface area contributed by atoms with Gasteiger partial charge in [-0.05, 0) is 53.6 Å². The maximum absolute atomic E-state index is 13.5. The summed E-state index contributed by atoms with van der Waals surface area (Å²) in [5, 5.41) is 3.70. The minimum absolute atomic E-state index is 0.118. The molecule has 3 aromatic rings. The van der Waals surface area contributed by atoms with Crippen molar-refractivity contribution in [1.82, 2.24) is 15.4 Å². The molecular weight excluding hydrogens is 351 g/mol. The first-order chi connectivity index (χ1) is 12.1. The second-order valence-electron chi connectivity index (χ2n) is 4.64. The zero-order valence-corrected chi connectivity index (χ0v) is 13.3. The minimum atomic E-state index is -0.726. The Morgan fingerprint density at radius 3 is 2.84 bits per heavy atom. The predicted molar refractivity (Wildman–Crippen MR) is 87.3 cm³/mol. The van der Waals surface area contributed by atoms with Gasteiger partial charge in [0, 0.05) is 0 Å². The number of carbonyl (C=O) groups excluding carboxylic acids is 1. The van der Waals surface area contributed by atoms with Crippen molar-refractivity contribution in [3.63, 3.8) is 0 Å². The SMILES string of the molecule is O=C(N/N=C/c1ccc(Oc2nc(Cl)ncc2F)cc1)c1ccco1. The van der Waals surface area contributed by atoms with E-state index in [1.165, 1.54) is 18.5 Å². The van der Waals surface area contributed by atoms with Crippen molar-refractivity contribution in [1.29, 1.82) is 0 Å². The van der Waals surface area contributed by atoms with E-state index in [9.17, 15) is 9.18 Å². The highest BCUT2D eigenvalue weighted by Crippen LogP contribution is 2.22. The molecule has 0 radical (unpaired) electrons. The van der Waals surface area contributed by atoms with Gasteiger partial charge in [-0.25, -0.2) is 10.4 Å². The van der Waals surface area contributed by atoms with E-state index in [2.05, 4.69) is 20.5 Å². The van der Waals surface area contributed by atoms with Gasteiger partial charge in [0.05, 0.1) is 18.7 Å². The largest absolute Gasteiger partial charge is 0.459 e. The number of amides is 1. The molecule has 1 amide bonds. The molecule has 3 rings (SSSR count). The summed E-state index contributed by atoms with van der Waals surface area (Å²) in [5.41, 5.74) is 3.01. The quantitative estimate of drug-likeness (QED) is 0.428. The number of rotatable bonds is 5. The molecule has 25 heavy (non-hydrogen) atoms. The average molecular weight is 361 g/mol. The molecular formula is C16H10ClFN4O3. The number of furan rings is 1. The maximum Gasteiger partial charge on any atom is 0.307 e. The topological polar surface area (TPSA) is 89.6 Å². The number of benzene rings is 1. The highest BCUT2D eigenvalue weighted by atomic mass is 35.5. The summed E-state index contributed by atoms with van der Waals surface area (Å²) in [7, 11) is 0. The maximum atomic E-state index is 13.5. The molecule has 1 N–H and O–H groups in total. The monoisotopic (exact) mass is 360 g/mol. The molecule has 0 atom stereocenters. The lowest BCUT2D eigenvalue weighted by Crippen LogP contribution is -2.16. The van der Waals surface area contributed by atoms with Gasteiger partial charge in [0.1, 0.15) is 5.75 Å². The van der Waals surface area contributed by atoms with E-state index in [-0.39, 0.29) is 16.9 Å². The van der Waals surface area contributed by atoms with Crippen LogP contribution in [-0.2, 0) is 0 Å². The normalized spacial score (nSPS) is 10.8. The Hall–Kier alpha value is -3.26. The summed E-state index contributed by atoms with van der Waals surface area (Å²) in [4.78, 5) is 18.8. The molecule has 0 unspecified atom stereocenters. The second kappa shape index (κ2) is 7.54. The Morgan fingerprint density at radius 1 is 1.32 bits per heavy atom. The first kappa shape index (κ1) is 16.6. The van der Waals surface area contributed by atoms with Gasteiger partial charge in [-0.3, -0.25) is 4.79 Å². The van der Waals surface area contributed by atoms with Crippen LogP contribution >= 0.6 is 11.6 Å². The van der Waals surface area contributed by atoms with Crippen LogP contribution in [-0.4, -0.2) is 22.1 Å². The Bertz CT molecular complexity index is 898. The summed E-state index contributed by atoms with van der Waals surface area (Å²) in [6, 6.07) is 9.63. The highest BCUT2D eigenvalue weighted by molar-refractivity contribution is 6.28. The Labute approximate surface area is 146 Å². The van der Waals surface area contributed by atoms with Crippen LogP contribution in [0.15, 0.2) is 58.4 Å². The molecule has 7 nitrogen and oxygen atoms in total. The number of hydrogen-bond donors (Lipinski definition) is 1. The van der Waals surface area contributed by atoms with Crippen LogP contribution in [0.1, 0.15) is 16.1 Å². The lowest BCUT2D eigenvalue weighted by atomic mass is 10.2. The smallest absolute Gasteiger partial charge is 0.307 e. The number of aromatic nitrogens is 2. The molecule has 0 bridgehead atoms. The van der Waals surface area contributed by atoms with Gasteiger partial charge >= 0.3 is 5.91 Å². The summed E-state index contributed by atoms with van der Waals surface area (Å²) in [5.74, 6) is -0.947. The first-order valence-electron chi connectivity index (χ1n) is 6.95. The summed E-state index contributed by atoms with van der Waals surface area (Å²) >= 11 is 5.60. The lowest BCUT2D eigenvalue weighted by Gasteiger charge is -2.05. The minimum Gasteiger partial charge on any atom is -0.459 e. The molecule has 0 spiro atoms. The van der Waals surface area contributed by atoms with Crippen molar-refractivity contribution in [3.05, 3.63) is 71.3 Å². The van der Waals surface area contributed by atoms with Crippen molar-refractivity contribution in [2.45, 2.75) is 0 Å². The third-order valence-electron chi connectivity index (χ3n) is 2.90. The summed E-state index contributed by atoms with van der Waals surface area (Å²) in [6.07, 6.45) is 3.76. The third-order valence-corrected chi connectivity index (χ3v) is 3.08. The van der Waals surface area contributed by atoms with Crippen LogP contribution < -0.4 is 10.2 Å². The molecule has 0 aliphatic rings. The van der Waals surface area contributed by atoms with Crippen LogP contribution in [0.2, 0.25) is 5.28 Å². The Kier molecular flexibility index (Phi) is 5.00. The molecule has 126 valence electrons. The number of carbonyl (C=O) groups is 1. The molecule has 0 aliphatic carbocycles. The molecule has 0 saturated carbocycles. The van der Waals surface area contributed by atoms with Gasteiger partial charge in [0.15, 0.2) is 5.76 Å². The Morgan fingerprint density at radius 2 is 2.12 bits per heavy atom. The lowest BCUT2D eigenvalue weighted by molar-refractivity contribution is 0.0927. The van der Waals surface area contributed by atoms with Crippen LogP contribution in [0, 0.1) is 5.82 Å². The molecule has 2 aromatic heterocycles. The number of ether oxygens (including phenoxy) is 1. The van der Waals surface area contributed by atoms with E-state index in [0.717, 1.165) is 6.20 Å². The van der Waals surface area contributed by atoms with E-state index in [1.54, 1.807) is 30.3 Å². The van der Waals surface area contributed by atoms with Gasteiger partial charge in [-0.15, -0.1) is 0 Å². The van der Waals surface area contributed by atoms with Gasteiger partial charge in [0.25, 0.3) is 5.88 Å². The van der Waals surface area contributed by atoms with Crippen molar-refractivity contribution in [3.8, 4) is 11.6 Å². The van der Waals surface area contributed by atoms with Gasteiger partial charge in [0.2, 0.25) is 11.1 Å². The molecule has 0 aliphatic heterocycles. The number of hydrazone groups is 1. The molecule has 0 saturated heterocycles. The zero-order valence-electron chi connectivity index (χ0n) is 12.5. The fourth-order valence-corrected chi connectivity index (χ4v) is 1.89. The highest BCUT2D eigenvalue weighted by Gasteiger charge is 2.08. The van der Waals surface area contributed by atoms with E-state index < -0.39 is 11.7 Å². The number of hydrogen-bond acceptors (Lipinski definition) is 6. The number of halogens is 2. The predicted octanol–water partition coefficient (Wildman–Crippen LogP) is 3.42. The first-order valence-corrected chi connectivity index (χ1v) is 7.32. The molecule has 2 heterocycles. The van der Waals surface area contributed by atoms with Gasteiger partial charge < -0.3 is 9.15 Å². The average Bonchev–Trinajstić information content (AvgIpc) is 3.14. The molecule has 9 heteroatoms. The van der Waals surface area contributed by atoms with Crippen LogP contribution in [0.25, 0.3) is 0 Å². The Balaban J connectivity index is 1.61. The summed E-state index contributed by atoms with van der Waals surface area (Å²) < 4.78 is 23.8. The van der Waals surface area contributed by atoms with Crippen molar-refractivity contribution >= 4 is 23.7 Å². The van der Waals surface area contributed by atoms with Crippen molar-refractivity contribution in [2.24, 2.45) is 5.10 Å². The summed E-state index contributed by atoms with van der Waals surface area (Å²) in [6.45, 7) is 0.